The Morgan fingerprint density at radius 1 is 0.973 bits per heavy atom. The van der Waals surface area contributed by atoms with Crippen LogP contribution in [0.5, 0.6) is 17.2 Å². The number of H-pyrrole nitrogens is 1. The third-order valence-corrected chi connectivity index (χ3v) is 8.20. The predicted octanol–water partition coefficient (Wildman–Crippen LogP) is 6.90. The van der Waals surface area contributed by atoms with Gasteiger partial charge in [0.1, 0.15) is 29.6 Å². The van der Waals surface area contributed by atoms with Crippen LogP contribution >= 0.6 is 11.3 Å². The molecule has 37 heavy (non-hydrogen) atoms. The maximum absolute atomic E-state index is 13.0. The minimum absolute atomic E-state index is 0.0629. The van der Waals surface area contributed by atoms with E-state index >= 15 is 0 Å². The third-order valence-electron chi connectivity index (χ3n) is 7.01. The zero-order valence-electron chi connectivity index (χ0n) is 21.8. The van der Waals surface area contributed by atoms with E-state index in [0.717, 1.165) is 47.2 Å². The molecular formula is C30H34N2O4S. The molecule has 0 radical (unpaired) electrons. The summed E-state index contributed by atoms with van der Waals surface area (Å²) in [5.41, 5.74) is 3.24. The lowest BCUT2D eigenvalue weighted by Crippen LogP contribution is -2.11. The molecule has 194 valence electrons. The van der Waals surface area contributed by atoms with E-state index in [9.17, 15) is 4.79 Å². The van der Waals surface area contributed by atoms with E-state index in [4.69, 9.17) is 19.2 Å². The van der Waals surface area contributed by atoms with Gasteiger partial charge < -0.3 is 19.2 Å². The van der Waals surface area contributed by atoms with Crippen LogP contribution in [0.15, 0.2) is 47.3 Å². The number of ether oxygens (including phenoxy) is 3. The van der Waals surface area contributed by atoms with Gasteiger partial charge in [-0.3, -0.25) is 4.79 Å². The standard InChI is InChI=1S/C30H34N2O4S/c1-4-19(3)20-10-13-22(14-11-20)35-16-17-36-24-15-12-21(18-25(24)34-5-2)28-31-29(33)27-23-8-6-7-9-26(23)37-30(27)32-28/h10-15,18-19H,4-9,16-17H2,1-3H3,(H,31,32,33)/t19-/m0/s1. The number of fused-ring (bicyclic) bond motifs is 3. The molecule has 1 aliphatic rings. The van der Waals surface area contributed by atoms with Crippen molar-refractivity contribution in [1.29, 1.82) is 0 Å². The lowest BCUT2D eigenvalue weighted by molar-refractivity contribution is 0.208. The molecule has 1 atom stereocenters. The second-order valence-electron chi connectivity index (χ2n) is 9.48. The minimum atomic E-state index is -0.0629. The van der Waals surface area contributed by atoms with E-state index in [0.29, 0.717) is 43.1 Å². The lowest BCUT2D eigenvalue weighted by Gasteiger charge is -2.14. The first-order valence-corrected chi connectivity index (χ1v) is 14.1. The van der Waals surface area contributed by atoms with Crippen molar-refractivity contribution < 1.29 is 14.2 Å². The molecule has 5 rings (SSSR count). The van der Waals surface area contributed by atoms with Crippen molar-refractivity contribution in [3.63, 3.8) is 0 Å². The Hall–Kier alpha value is -3.32. The minimum Gasteiger partial charge on any atom is -0.490 e. The molecule has 0 fully saturated rings. The summed E-state index contributed by atoms with van der Waals surface area (Å²) in [6.45, 7) is 7.66. The van der Waals surface area contributed by atoms with Gasteiger partial charge in [-0.05, 0) is 86.4 Å². The average Bonchev–Trinajstić information content (AvgIpc) is 3.31. The van der Waals surface area contributed by atoms with Gasteiger partial charge >= 0.3 is 0 Å². The van der Waals surface area contributed by atoms with Gasteiger partial charge in [0, 0.05) is 10.4 Å². The maximum Gasteiger partial charge on any atom is 0.260 e. The Balaban J connectivity index is 1.28. The number of nitrogens with one attached hydrogen (secondary N) is 1. The van der Waals surface area contributed by atoms with Crippen molar-refractivity contribution in [3.05, 3.63) is 68.8 Å². The largest absolute Gasteiger partial charge is 0.490 e. The highest BCUT2D eigenvalue weighted by molar-refractivity contribution is 7.18. The van der Waals surface area contributed by atoms with Crippen LogP contribution in [0.4, 0.5) is 0 Å². The summed E-state index contributed by atoms with van der Waals surface area (Å²) >= 11 is 1.65. The van der Waals surface area contributed by atoms with Crippen LogP contribution in [-0.4, -0.2) is 29.8 Å². The predicted molar refractivity (Wildman–Crippen MR) is 150 cm³/mol. The lowest BCUT2D eigenvalue weighted by atomic mass is 9.97. The number of hydrogen-bond donors (Lipinski definition) is 1. The number of rotatable bonds is 10. The molecule has 0 amide bonds. The first-order chi connectivity index (χ1) is 18.1. The van der Waals surface area contributed by atoms with Crippen molar-refractivity contribution >= 4 is 21.6 Å². The molecule has 2 aromatic carbocycles. The summed E-state index contributed by atoms with van der Waals surface area (Å²) in [6.07, 6.45) is 5.44. The Morgan fingerprint density at radius 2 is 1.76 bits per heavy atom. The zero-order chi connectivity index (χ0) is 25.8. The quantitative estimate of drug-likeness (QED) is 0.231. The Morgan fingerprint density at radius 3 is 2.54 bits per heavy atom. The summed E-state index contributed by atoms with van der Waals surface area (Å²) in [6, 6.07) is 13.9. The number of nitrogens with zero attached hydrogens (tertiary/aromatic N) is 1. The highest BCUT2D eigenvalue weighted by atomic mass is 32.1. The van der Waals surface area contributed by atoms with Gasteiger partial charge in [0.05, 0.1) is 12.0 Å². The monoisotopic (exact) mass is 518 g/mol. The number of aromatic amines is 1. The van der Waals surface area contributed by atoms with Crippen molar-refractivity contribution in [2.75, 3.05) is 19.8 Å². The third kappa shape index (κ3) is 5.52. The first kappa shape index (κ1) is 25.3. The highest BCUT2D eigenvalue weighted by Crippen LogP contribution is 2.36. The number of aryl methyl sites for hydroxylation is 2. The van der Waals surface area contributed by atoms with E-state index < -0.39 is 0 Å². The summed E-state index contributed by atoms with van der Waals surface area (Å²) < 4.78 is 17.7. The topological polar surface area (TPSA) is 73.4 Å². The molecule has 0 unspecified atom stereocenters. The molecule has 0 saturated heterocycles. The SMILES string of the molecule is CCOc1cc(-c2nc3sc4c(c3c(=O)[nH]2)CCCC4)ccc1OCCOc1ccc([C@@H](C)CC)cc1. The van der Waals surface area contributed by atoms with E-state index in [1.165, 1.54) is 22.4 Å². The first-order valence-electron chi connectivity index (χ1n) is 13.2. The summed E-state index contributed by atoms with van der Waals surface area (Å²) in [5.74, 6) is 3.18. The fourth-order valence-corrected chi connectivity index (χ4v) is 6.04. The van der Waals surface area contributed by atoms with Crippen LogP contribution in [0.2, 0.25) is 0 Å². The smallest absolute Gasteiger partial charge is 0.260 e. The highest BCUT2D eigenvalue weighted by Gasteiger charge is 2.20. The van der Waals surface area contributed by atoms with Crippen LogP contribution in [-0.2, 0) is 12.8 Å². The zero-order valence-corrected chi connectivity index (χ0v) is 22.6. The normalized spacial score (nSPS) is 13.8. The number of aromatic nitrogens is 2. The Bertz CT molecular complexity index is 1420. The van der Waals surface area contributed by atoms with Gasteiger partial charge in [0.15, 0.2) is 11.5 Å². The van der Waals surface area contributed by atoms with Crippen molar-refractivity contribution in [2.45, 2.75) is 58.8 Å². The molecule has 6 nitrogen and oxygen atoms in total. The van der Waals surface area contributed by atoms with Gasteiger partial charge in [-0.15, -0.1) is 11.3 Å². The molecule has 0 bridgehead atoms. The second-order valence-corrected chi connectivity index (χ2v) is 10.6. The molecule has 1 N–H and O–H groups in total. The van der Waals surface area contributed by atoms with Crippen LogP contribution in [0.3, 0.4) is 0 Å². The van der Waals surface area contributed by atoms with Crippen LogP contribution in [0, 0.1) is 0 Å². The van der Waals surface area contributed by atoms with E-state index in [1.807, 2.05) is 37.3 Å². The van der Waals surface area contributed by atoms with Gasteiger partial charge in [-0.2, -0.15) is 0 Å². The average molecular weight is 519 g/mol. The van der Waals surface area contributed by atoms with Crippen LogP contribution in [0.1, 0.15) is 62.0 Å². The van der Waals surface area contributed by atoms with Gasteiger partial charge in [0.25, 0.3) is 5.56 Å². The molecule has 0 aliphatic heterocycles. The van der Waals surface area contributed by atoms with Crippen molar-refractivity contribution in [1.82, 2.24) is 9.97 Å². The molecule has 1 aliphatic carbocycles. The Labute approximate surface area is 221 Å². The fraction of sp³-hybridized carbons (Fsp3) is 0.400. The molecule has 2 heterocycles. The molecule has 2 aromatic heterocycles. The number of hydrogen-bond acceptors (Lipinski definition) is 6. The number of benzene rings is 2. The molecule has 0 spiro atoms. The van der Waals surface area contributed by atoms with E-state index in [-0.39, 0.29) is 5.56 Å². The van der Waals surface area contributed by atoms with E-state index in [2.05, 4.69) is 31.0 Å². The van der Waals surface area contributed by atoms with Gasteiger partial charge in [-0.25, -0.2) is 4.98 Å². The molecular weight excluding hydrogens is 484 g/mol. The number of thiophene rings is 1. The molecule has 0 saturated carbocycles. The van der Waals surface area contributed by atoms with Crippen LogP contribution < -0.4 is 19.8 Å². The summed E-state index contributed by atoms with van der Waals surface area (Å²) in [7, 11) is 0. The van der Waals surface area contributed by atoms with E-state index in [1.54, 1.807) is 11.3 Å². The van der Waals surface area contributed by atoms with Crippen molar-refractivity contribution in [2.24, 2.45) is 0 Å². The maximum atomic E-state index is 13.0. The molecule has 7 heteroatoms. The summed E-state index contributed by atoms with van der Waals surface area (Å²) in [5, 5.41) is 0.767. The van der Waals surface area contributed by atoms with Crippen LogP contribution in [0.25, 0.3) is 21.6 Å². The molecule has 4 aromatic rings. The van der Waals surface area contributed by atoms with Gasteiger partial charge in [-0.1, -0.05) is 26.0 Å². The fourth-order valence-electron chi connectivity index (χ4n) is 4.78. The van der Waals surface area contributed by atoms with Crippen molar-refractivity contribution in [3.8, 4) is 28.6 Å². The van der Waals surface area contributed by atoms with Gasteiger partial charge in [0.2, 0.25) is 0 Å². The Kier molecular flexibility index (Phi) is 7.79. The second kappa shape index (κ2) is 11.4. The summed E-state index contributed by atoms with van der Waals surface area (Å²) in [4.78, 5) is 22.9.